The molecule has 0 aliphatic heterocycles. The highest BCUT2D eigenvalue weighted by Gasteiger charge is 2.32. The molecule has 0 saturated carbocycles. The van der Waals surface area contributed by atoms with Gasteiger partial charge in [-0.25, -0.2) is 4.79 Å². The number of rotatable bonds is 8. The Labute approximate surface area is 134 Å². The highest BCUT2D eigenvalue weighted by Crippen LogP contribution is 2.09. The minimum absolute atomic E-state index is 0.0398. The SMILES string of the molecule is CC(C)(C)OC(=O)C(=O)[C@H](CCC(=O)O)NC(=O)[C@@H](N)CS. The van der Waals surface area contributed by atoms with Crippen LogP contribution < -0.4 is 11.1 Å². The van der Waals surface area contributed by atoms with Gasteiger partial charge in [-0.3, -0.25) is 14.4 Å². The molecule has 0 fully saturated rings. The molecule has 4 N–H and O–H groups in total. The van der Waals surface area contributed by atoms with Gasteiger partial charge in [0, 0.05) is 12.2 Å². The lowest BCUT2D eigenvalue weighted by Gasteiger charge is -2.22. The summed E-state index contributed by atoms with van der Waals surface area (Å²) in [7, 11) is 0. The van der Waals surface area contributed by atoms with Gasteiger partial charge in [0.2, 0.25) is 5.91 Å². The van der Waals surface area contributed by atoms with Crippen molar-refractivity contribution in [3.05, 3.63) is 0 Å². The number of nitrogens with two attached hydrogens (primary N) is 1. The van der Waals surface area contributed by atoms with Crippen LogP contribution in [0.15, 0.2) is 0 Å². The van der Waals surface area contributed by atoms with Crippen molar-refractivity contribution < 1.29 is 29.0 Å². The number of Topliss-reactive ketones (excluding diaryl/α,β-unsaturated/α-hetero) is 1. The number of thiol groups is 1. The van der Waals surface area contributed by atoms with Crippen LogP contribution >= 0.6 is 12.6 Å². The molecule has 9 heteroatoms. The van der Waals surface area contributed by atoms with Crippen LogP contribution in [0.5, 0.6) is 0 Å². The average Bonchev–Trinajstić information content (AvgIpc) is 2.39. The highest BCUT2D eigenvalue weighted by molar-refractivity contribution is 7.80. The fourth-order valence-electron chi connectivity index (χ4n) is 1.37. The first-order chi connectivity index (χ1) is 9.97. The molecule has 0 aromatic rings. The number of ketones is 1. The number of carboxylic acid groups (broad SMARTS) is 1. The van der Waals surface area contributed by atoms with Gasteiger partial charge in [-0.1, -0.05) is 0 Å². The van der Waals surface area contributed by atoms with E-state index in [1.165, 1.54) is 0 Å². The number of carboxylic acids is 1. The van der Waals surface area contributed by atoms with E-state index in [-0.39, 0.29) is 12.2 Å². The Morgan fingerprint density at radius 1 is 1.27 bits per heavy atom. The van der Waals surface area contributed by atoms with Crippen molar-refractivity contribution in [2.75, 3.05) is 5.75 Å². The lowest BCUT2D eigenvalue weighted by Crippen LogP contribution is -2.51. The summed E-state index contributed by atoms with van der Waals surface area (Å²) < 4.78 is 4.92. The Morgan fingerprint density at radius 2 is 1.82 bits per heavy atom. The topological polar surface area (TPSA) is 136 Å². The van der Waals surface area contributed by atoms with Gasteiger partial charge in [-0.15, -0.1) is 0 Å². The van der Waals surface area contributed by atoms with Crippen LogP contribution in [0.2, 0.25) is 0 Å². The second-order valence-electron chi connectivity index (χ2n) is 5.65. The number of carbonyl (C=O) groups excluding carboxylic acids is 3. The second kappa shape index (κ2) is 8.74. The zero-order chi connectivity index (χ0) is 17.5. The first-order valence-electron chi connectivity index (χ1n) is 6.63. The van der Waals surface area contributed by atoms with Gasteiger partial charge in [0.25, 0.3) is 5.78 Å². The van der Waals surface area contributed by atoms with Gasteiger partial charge < -0.3 is 20.9 Å². The fourth-order valence-corrected chi connectivity index (χ4v) is 1.53. The maximum absolute atomic E-state index is 12.0. The average molecular weight is 334 g/mol. The molecule has 1 amide bonds. The van der Waals surface area contributed by atoms with Crippen LogP contribution in [0.3, 0.4) is 0 Å². The van der Waals surface area contributed by atoms with Crippen LogP contribution in [0.1, 0.15) is 33.6 Å². The molecule has 0 aromatic carbocycles. The highest BCUT2D eigenvalue weighted by atomic mass is 32.1. The van der Waals surface area contributed by atoms with Crippen molar-refractivity contribution in [2.24, 2.45) is 5.73 Å². The van der Waals surface area contributed by atoms with Crippen molar-refractivity contribution in [3.8, 4) is 0 Å². The molecule has 2 atom stereocenters. The Bertz CT molecular complexity index is 446. The summed E-state index contributed by atoms with van der Waals surface area (Å²) in [6.45, 7) is 4.75. The van der Waals surface area contributed by atoms with Gasteiger partial charge in [-0.05, 0) is 27.2 Å². The van der Waals surface area contributed by atoms with Gasteiger partial charge in [0.15, 0.2) is 0 Å². The maximum atomic E-state index is 12.0. The smallest absolute Gasteiger partial charge is 0.377 e. The van der Waals surface area contributed by atoms with E-state index in [2.05, 4.69) is 17.9 Å². The normalized spacial score (nSPS) is 13.9. The predicted molar refractivity (Wildman–Crippen MR) is 81.5 cm³/mol. The number of amides is 1. The lowest BCUT2D eigenvalue weighted by molar-refractivity contribution is -0.163. The molecule has 0 heterocycles. The number of nitrogens with one attached hydrogen (secondary N) is 1. The largest absolute Gasteiger partial charge is 0.481 e. The molecule has 0 bridgehead atoms. The van der Waals surface area contributed by atoms with Crippen molar-refractivity contribution in [1.82, 2.24) is 5.32 Å². The minimum atomic E-state index is -1.30. The van der Waals surface area contributed by atoms with Gasteiger partial charge in [-0.2, -0.15) is 12.6 Å². The van der Waals surface area contributed by atoms with E-state index in [1.807, 2.05) is 0 Å². The van der Waals surface area contributed by atoms with Crippen molar-refractivity contribution in [3.63, 3.8) is 0 Å². The molecule has 0 radical (unpaired) electrons. The summed E-state index contributed by atoms with van der Waals surface area (Å²) in [5.41, 5.74) is 4.59. The third kappa shape index (κ3) is 7.99. The standard InChI is InChI=1S/C13H22N2O6S/c1-13(2,3)21-12(20)10(18)8(4-5-9(16)17)15-11(19)7(14)6-22/h7-8,22H,4-6,14H2,1-3H3,(H,15,19)(H,16,17)/t7-,8-/m0/s1. The predicted octanol–water partition coefficient (Wildman–Crippen LogP) is -0.496. The Morgan fingerprint density at radius 3 is 2.23 bits per heavy atom. The number of esters is 1. The van der Waals surface area contributed by atoms with Gasteiger partial charge >= 0.3 is 11.9 Å². The molecule has 0 spiro atoms. The minimum Gasteiger partial charge on any atom is -0.481 e. The van der Waals surface area contributed by atoms with Crippen LogP contribution in [-0.2, 0) is 23.9 Å². The van der Waals surface area contributed by atoms with Crippen molar-refractivity contribution in [1.29, 1.82) is 0 Å². The summed E-state index contributed by atoms with van der Waals surface area (Å²) in [6, 6.07) is -2.27. The molecule has 0 saturated heterocycles. The third-order valence-corrected chi connectivity index (χ3v) is 2.81. The molecule has 0 rings (SSSR count). The quantitative estimate of drug-likeness (QED) is 0.267. The third-order valence-electron chi connectivity index (χ3n) is 2.41. The maximum Gasteiger partial charge on any atom is 0.377 e. The van der Waals surface area contributed by atoms with Crippen LogP contribution in [0, 0.1) is 0 Å². The van der Waals surface area contributed by atoms with E-state index in [0.717, 1.165) is 0 Å². The summed E-state index contributed by atoms with van der Waals surface area (Å²) in [6.07, 6.45) is -0.631. The van der Waals surface area contributed by atoms with E-state index < -0.39 is 47.7 Å². The monoisotopic (exact) mass is 334 g/mol. The molecule has 22 heavy (non-hydrogen) atoms. The molecular weight excluding hydrogens is 312 g/mol. The molecular formula is C13H22N2O6S. The Hall–Kier alpha value is -1.61. The van der Waals surface area contributed by atoms with Crippen molar-refractivity contribution >= 4 is 36.3 Å². The van der Waals surface area contributed by atoms with E-state index in [9.17, 15) is 19.2 Å². The molecule has 126 valence electrons. The zero-order valence-corrected chi connectivity index (χ0v) is 13.7. The van der Waals surface area contributed by atoms with Crippen LogP contribution in [0.4, 0.5) is 0 Å². The summed E-state index contributed by atoms with van der Waals surface area (Å²) in [5.74, 6) is -3.96. The first-order valence-corrected chi connectivity index (χ1v) is 7.27. The summed E-state index contributed by atoms with van der Waals surface area (Å²) >= 11 is 3.85. The van der Waals surface area contributed by atoms with Gasteiger partial charge in [0.05, 0.1) is 12.1 Å². The number of hydrogen-bond donors (Lipinski definition) is 4. The van der Waals surface area contributed by atoms with Crippen LogP contribution in [0.25, 0.3) is 0 Å². The van der Waals surface area contributed by atoms with E-state index in [0.29, 0.717) is 0 Å². The zero-order valence-electron chi connectivity index (χ0n) is 12.8. The molecule has 0 unspecified atom stereocenters. The Kier molecular flexibility index (Phi) is 8.10. The van der Waals surface area contributed by atoms with Crippen molar-refractivity contribution in [2.45, 2.75) is 51.3 Å². The number of carbonyl (C=O) groups is 4. The number of hydrogen-bond acceptors (Lipinski definition) is 7. The molecule has 0 aliphatic carbocycles. The van der Waals surface area contributed by atoms with E-state index in [4.69, 9.17) is 15.6 Å². The molecule has 8 nitrogen and oxygen atoms in total. The van der Waals surface area contributed by atoms with Crippen LogP contribution in [-0.4, -0.2) is 52.2 Å². The van der Waals surface area contributed by atoms with E-state index in [1.54, 1.807) is 20.8 Å². The summed E-state index contributed by atoms with van der Waals surface area (Å²) in [4.78, 5) is 46.1. The van der Waals surface area contributed by atoms with E-state index >= 15 is 0 Å². The number of aliphatic carboxylic acids is 1. The Balaban J connectivity index is 4.97. The van der Waals surface area contributed by atoms with Gasteiger partial charge in [0.1, 0.15) is 5.60 Å². The second-order valence-corrected chi connectivity index (χ2v) is 6.01. The molecule has 0 aromatic heterocycles. The first kappa shape index (κ1) is 20.4. The molecule has 0 aliphatic rings. The number of ether oxygens (including phenoxy) is 1. The fraction of sp³-hybridized carbons (Fsp3) is 0.692. The lowest BCUT2D eigenvalue weighted by atomic mass is 10.1. The summed E-state index contributed by atoms with van der Waals surface area (Å²) in [5, 5.41) is 10.9.